The van der Waals surface area contributed by atoms with Gasteiger partial charge in [-0.1, -0.05) is 110 Å². The van der Waals surface area contributed by atoms with Gasteiger partial charge in [0.25, 0.3) is 0 Å². The molecule has 0 saturated heterocycles. The standard InChI is InChI=1S/C44H65O7P/c1-15-17-19-31(21-29-23-33(41(3,4)5)39(47)34(24-29)42(6,7)8)37(45)27-50-52(49)51-28-38(46)32(20-18-16-2)22-30-25-35(43(9,10)11)40(48)36(26-30)44(12,13)14/h21-26H,15-20,27-28H2,1-14H3,(H-,45,46,47,48)/p+1. The molecule has 0 aromatic heterocycles. The van der Waals surface area contributed by atoms with Gasteiger partial charge in [0.15, 0.2) is 24.8 Å². The van der Waals surface area contributed by atoms with Crippen LogP contribution in [0.4, 0.5) is 0 Å². The summed E-state index contributed by atoms with van der Waals surface area (Å²) in [5, 5.41) is 22.3. The lowest BCUT2D eigenvalue weighted by atomic mass is 9.78. The van der Waals surface area contributed by atoms with E-state index in [9.17, 15) is 24.4 Å². The topological polar surface area (TPSA) is 110 Å². The number of benzene rings is 2. The Labute approximate surface area is 315 Å². The molecular weight excluding hydrogens is 671 g/mol. The average Bonchev–Trinajstić information content (AvgIpc) is 3.01. The van der Waals surface area contributed by atoms with Crippen molar-refractivity contribution in [3.8, 4) is 11.5 Å². The zero-order valence-corrected chi connectivity index (χ0v) is 35.4. The molecule has 52 heavy (non-hydrogen) atoms. The van der Waals surface area contributed by atoms with Crippen LogP contribution in [0.15, 0.2) is 35.4 Å². The Hall–Kier alpha value is -3.12. The second kappa shape index (κ2) is 18.3. The molecule has 8 heteroatoms. The lowest BCUT2D eigenvalue weighted by Gasteiger charge is -2.28. The van der Waals surface area contributed by atoms with Crippen LogP contribution in [-0.2, 0) is 44.9 Å². The lowest BCUT2D eigenvalue weighted by molar-refractivity contribution is -0.118. The molecule has 2 N–H and O–H groups in total. The molecule has 2 rings (SSSR count). The molecule has 2 aromatic rings. The Balaban J connectivity index is 2.31. The number of carbonyl (C=O) groups is 2. The van der Waals surface area contributed by atoms with Crippen molar-refractivity contribution in [2.45, 2.75) is 157 Å². The summed E-state index contributed by atoms with van der Waals surface area (Å²) in [7, 11) is -2.74. The predicted molar refractivity (Wildman–Crippen MR) is 216 cm³/mol. The van der Waals surface area contributed by atoms with Crippen molar-refractivity contribution in [1.29, 1.82) is 0 Å². The molecule has 0 aliphatic rings. The number of aromatic hydroxyl groups is 2. The summed E-state index contributed by atoms with van der Waals surface area (Å²) >= 11 is 0. The highest BCUT2D eigenvalue weighted by molar-refractivity contribution is 7.33. The van der Waals surface area contributed by atoms with E-state index in [1.807, 2.05) is 133 Å². The molecule has 2 aromatic carbocycles. The highest BCUT2D eigenvalue weighted by atomic mass is 31.1. The molecule has 0 bridgehead atoms. The van der Waals surface area contributed by atoms with E-state index in [4.69, 9.17) is 9.05 Å². The second-order valence-corrected chi connectivity index (χ2v) is 19.1. The van der Waals surface area contributed by atoms with Gasteiger partial charge in [0.1, 0.15) is 11.5 Å². The van der Waals surface area contributed by atoms with E-state index in [-0.39, 0.29) is 44.7 Å². The molecular formula is C44H66O7P+. The van der Waals surface area contributed by atoms with Gasteiger partial charge >= 0.3 is 8.25 Å². The van der Waals surface area contributed by atoms with Crippen LogP contribution in [0.1, 0.15) is 169 Å². The van der Waals surface area contributed by atoms with Gasteiger partial charge in [0.05, 0.1) is 0 Å². The number of phenolic OH excluding ortho intramolecular Hbond substituents is 2. The van der Waals surface area contributed by atoms with Crippen molar-refractivity contribution in [2.24, 2.45) is 0 Å². The maximum Gasteiger partial charge on any atom is 0.698 e. The van der Waals surface area contributed by atoms with Crippen molar-refractivity contribution in [3.05, 3.63) is 68.8 Å². The van der Waals surface area contributed by atoms with E-state index >= 15 is 0 Å². The molecule has 0 atom stereocenters. The molecule has 0 aliphatic heterocycles. The number of rotatable bonds is 16. The van der Waals surface area contributed by atoms with E-state index in [2.05, 4.69) is 0 Å². The number of hydrogen-bond acceptors (Lipinski definition) is 7. The summed E-state index contributed by atoms with van der Waals surface area (Å²) in [6.45, 7) is 27.7. The molecule has 0 saturated carbocycles. The molecule has 0 fully saturated rings. The molecule has 0 unspecified atom stereocenters. The van der Waals surface area contributed by atoms with Crippen LogP contribution in [0, 0.1) is 0 Å². The first-order valence-corrected chi connectivity index (χ1v) is 19.9. The molecule has 0 radical (unpaired) electrons. The quantitative estimate of drug-likeness (QED) is 0.130. The Kier molecular flexibility index (Phi) is 15.8. The zero-order valence-electron chi connectivity index (χ0n) is 34.5. The first-order chi connectivity index (χ1) is 23.8. The largest absolute Gasteiger partial charge is 0.698 e. The SMILES string of the molecule is CCCCC(=Cc1cc(C(C)(C)C)c(O)c(C(C)(C)C)c1)C(=O)CO[P+](=O)OCC(=O)C(=Cc1cc(C(C)(C)C)c(O)c(C(C)(C)C)c1)CCCC. The fourth-order valence-electron chi connectivity index (χ4n) is 5.93. The summed E-state index contributed by atoms with van der Waals surface area (Å²) in [4.78, 5) is 26.9. The van der Waals surface area contributed by atoms with Gasteiger partial charge in [0.2, 0.25) is 0 Å². The number of Topliss-reactive ketones (excluding diaryl/α,β-unsaturated/α-hetero) is 2. The smallest absolute Gasteiger partial charge is 0.507 e. The minimum Gasteiger partial charge on any atom is -0.507 e. The van der Waals surface area contributed by atoms with Gasteiger partial charge in [-0.05, 0) is 106 Å². The van der Waals surface area contributed by atoms with Gasteiger partial charge < -0.3 is 10.2 Å². The van der Waals surface area contributed by atoms with Gasteiger partial charge in [-0.25, -0.2) is 0 Å². The first kappa shape index (κ1) is 45.0. The summed E-state index contributed by atoms with van der Waals surface area (Å²) in [6, 6.07) is 7.70. The number of unbranched alkanes of at least 4 members (excludes halogenated alkanes) is 2. The molecule has 288 valence electrons. The van der Waals surface area contributed by atoms with Gasteiger partial charge in [-0.3, -0.25) is 9.59 Å². The average molecular weight is 738 g/mol. The van der Waals surface area contributed by atoms with Gasteiger partial charge in [-0.15, -0.1) is 9.05 Å². The number of carbonyl (C=O) groups excluding carboxylic acids is 2. The second-order valence-electron chi connectivity index (χ2n) is 18.1. The Morgan fingerprint density at radius 3 is 1.08 bits per heavy atom. The minimum atomic E-state index is -2.74. The fraction of sp³-hybridized carbons (Fsp3) is 0.591. The van der Waals surface area contributed by atoms with Crippen LogP contribution in [0.3, 0.4) is 0 Å². The van der Waals surface area contributed by atoms with E-state index in [1.54, 1.807) is 0 Å². The van der Waals surface area contributed by atoms with Gasteiger partial charge in [0, 0.05) is 26.8 Å². The van der Waals surface area contributed by atoms with Crippen molar-refractivity contribution in [1.82, 2.24) is 0 Å². The highest BCUT2D eigenvalue weighted by Gasteiger charge is 2.30. The Morgan fingerprint density at radius 2 is 0.846 bits per heavy atom. The predicted octanol–water partition coefficient (Wildman–Crippen LogP) is 12.0. The van der Waals surface area contributed by atoms with Crippen molar-refractivity contribution in [2.75, 3.05) is 13.2 Å². The van der Waals surface area contributed by atoms with Crippen molar-refractivity contribution in [3.63, 3.8) is 0 Å². The molecule has 7 nitrogen and oxygen atoms in total. The third-order valence-electron chi connectivity index (χ3n) is 9.10. The van der Waals surface area contributed by atoms with Crippen LogP contribution in [0.5, 0.6) is 11.5 Å². The highest BCUT2D eigenvalue weighted by Crippen LogP contribution is 2.42. The van der Waals surface area contributed by atoms with E-state index in [1.165, 1.54) is 0 Å². The fourth-order valence-corrected chi connectivity index (χ4v) is 6.45. The van der Waals surface area contributed by atoms with Crippen molar-refractivity contribution >= 4 is 32.0 Å². The van der Waals surface area contributed by atoms with Crippen LogP contribution in [-0.4, -0.2) is 35.0 Å². The lowest BCUT2D eigenvalue weighted by Crippen LogP contribution is -2.17. The van der Waals surface area contributed by atoms with Crippen LogP contribution < -0.4 is 0 Å². The Morgan fingerprint density at radius 1 is 0.577 bits per heavy atom. The number of ketones is 2. The molecule has 0 heterocycles. The van der Waals surface area contributed by atoms with Crippen LogP contribution in [0.2, 0.25) is 0 Å². The number of hydrogen-bond donors (Lipinski definition) is 2. The molecule has 0 spiro atoms. The van der Waals surface area contributed by atoms with E-state index in [0.29, 0.717) is 24.0 Å². The van der Waals surface area contributed by atoms with E-state index < -0.39 is 21.5 Å². The molecule has 0 aliphatic carbocycles. The summed E-state index contributed by atoms with van der Waals surface area (Å²) < 4.78 is 23.6. The Bertz CT molecular complexity index is 1460. The van der Waals surface area contributed by atoms with Crippen LogP contribution >= 0.6 is 8.25 Å². The maximum absolute atomic E-state index is 13.5. The minimum absolute atomic E-state index is 0.269. The van der Waals surface area contributed by atoms with Gasteiger partial charge in [-0.2, -0.15) is 0 Å². The third-order valence-corrected chi connectivity index (χ3v) is 9.78. The summed E-state index contributed by atoms with van der Waals surface area (Å²) in [5.41, 5.74) is 4.60. The van der Waals surface area contributed by atoms with Crippen molar-refractivity contribution < 1.29 is 33.4 Å². The third kappa shape index (κ3) is 13.1. The first-order valence-electron chi connectivity index (χ1n) is 18.8. The summed E-state index contributed by atoms with van der Waals surface area (Å²) in [5.74, 6) is -0.0828. The summed E-state index contributed by atoms with van der Waals surface area (Å²) in [6.07, 6.45) is 8.05. The van der Waals surface area contributed by atoms with Crippen LogP contribution in [0.25, 0.3) is 12.2 Å². The normalized spacial score (nSPS) is 13.8. The zero-order chi connectivity index (χ0) is 39.8. The molecule has 0 amide bonds. The monoisotopic (exact) mass is 737 g/mol. The van der Waals surface area contributed by atoms with E-state index in [0.717, 1.165) is 59.1 Å². The maximum atomic E-state index is 13.5. The number of phenols is 2.